The lowest BCUT2D eigenvalue weighted by Gasteiger charge is -2.35. The van der Waals surface area contributed by atoms with E-state index in [4.69, 9.17) is 0 Å². The number of benzene rings is 1. The molecule has 2 rings (SSSR count). The second-order valence-electron chi connectivity index (χ2n) is 4.34. The second kappa shape index (κ2) is 7.67. The van der Waals surface area contributed by atoms with E-state index < -0.39 is 6.43 Å². The van der Waals surface area contributed by atoms with Crippen LogP contribution in [0.25, 0.3) is 0 Å². The smallest absolute Gasteiger partial charge is 0.240 e. The lowest BCUT2D eigenvalue weighted by molar-refractivity contribution is 0.0739. The van der Waals surface area contributed by atoms with Crippen molar-refractivity contribution >= 4 is 12.4 Å². The van der Waals surface area contributed by atoms with E-state index in [2.05, 4.69) is 10.2 Å². The molecule has 5 heteroatoms. The van der Waals surface area contributed by atoms with E-state index in [1.54, 1.807) is 0 Å². The Hall–Kier alpha value is -0.710. The summed E-state index contributed by atoms with van der Waals surface area (Å²) in [6.07, 6.45) is -2.33. The summed E-state index contributed by atoms with van der Waals surface area (Å²) in [5.41, 5.74) is 0.995. The van der Waals surface area contributed by atoms with Crippen molar-refractivity contribution in [2.75, 3.05) is 26.2 Å². The van der Waals surface area contributed by atoms with Crippen molar-refractivity contribution in [2.24, 2.45) is 0 Å². The van der Waals surface area contributed by atoms with Gasteiger partial charge >= 0.3 is 0 Å². The summed E-state index contributed by atoms with van der Waals surface area (Å²) >= 11 is 0. The zero-order chi connectivity index (χ0) is 12.1. The molecule has 0 saturated carbocycles. The van der Waals surface area contributed by atoms with Gasteiger partial charge in [-0.2, -0.15) is 0 Å². The highest BCUT2D eigenvalue weighted by atomic mass is 35.5. The highest BCUT2D eigenvalue weighted by molar-refractivity contribution is 5.85. The molecule has 1 atom stereocenters. The fourth-order valence-corrected chi connectivity index (χ4v) is 2.33. The Labute approximate surface area is 113 Å². The maximum Gasteiger partial charge on any atom is 0.240 e. The lowest BCUT2D eigenvalue weighted by Crippen LogP contribution is -2.45. The van der Waals surface area contributed by atoms with Gasteiger partial charge in [0.25, 0.3) is 0 Å². The molecule has 1 aliphatic rings. The predicted molar refractivity (Wildman–Crippen MR) is 71.5 cm³/mol. The molecule has 0 unspecified atom stereocenters. The Morgan fingerprint density at radius 1 is 1.11 bits per heavy atom. The van der Waals surface area contributed by atoms with Crippen LogP contribution in [-0.2, 0) is 0 Å². The van der Waals surface area contributed by atoms with Crippen LogP contribution in [0.1, 0.15) is 18.0 Å². The standard InChI is InChI=1S/C13H18F2N2.ClH/c14-13(15)10-12(11-4-2-1-3-5-11)17-8-6-16-7-9-17;/h1-5,12-13,16H,6-10H2;1H/t12-;/m0./s1. The van der Waals surface area contributed by atoms with Crippen LogP contribution in [-0.4, -0.2) is 37.5 Å². The summed E-state index contributed by atoms with van der Waals surface area (Å²) in [5.74, 6) is 0. The Morgan fingerprint density at radius 3 is 2.28 bits per heavy atom. The molecule has 0 radical (unpaired) electrons. The van der Waals surface area contributed by atoms with E-state index in [0.717, 1.165) is 31.7 Å². The van der Waals surface area contributed by atoms with Crippen molar-refractivity contribution in [2.45, 2.75) is 18.9 Å². The molecule has 1 aliphatic heterocycles. The summed E-state index contributed by atoms with van der Waals surface area (Å²) < 4.78 is 25.4. The van der Waals surface area contributed by atoms with E-state index in [0.29, 0.717) is 0 Å². The van der Waals surface area contributed by atoms with Crippen LogP contribution in [0, 0.1) is 0 Å². The average Bonchev–Trinajstić information content (AvgIpc) is 2.38. The molecule has 1 N–H and O–H groups in total. The molecular formula is C13H19ClF2N2. The molecule has 1 aromatic carbocycles. The Morgan fingerprint density at radius 2 is 1.72 bits per heavy atom. The summed E-state index contributed by atoms with van der Waals surface area (Å²) in [6, 6.07) is 9.47. The highest BCUT2D eigenvalue weighted by Gasteiger charge is 2.24. The van der Waals surface area contributed by atoms with Crippen molar-refractivity contribution in [3.05, 3.63) is 35.9 Å². The van der Waals surface area contributed by atoms with Gasteiger partial charge in [0, 0.05) is 38.6 Å². The van der Waals surface area contributed by atoms with Gasteiger partial charge in [0.15, 0.2) is 0 Å². The van der Waals surface area contributed by atoms with Crippen LogP contribution in [0.3, 0.4) is 0 Å². The molecule has 102 valence electrons. The van der Waals surface area contributed by atoms with Crippen molar-refractivity contribution in [1.29, 1.82) is 0 Å². The molecule has 1 fully saturated rings. The first-order valence-electron chi connectivity index (χ1n) is 6.05. The normalized spacial score (nSPS) is 18.4. The van der Waals surface area contributed by atoms with E-state index in [9.17, 15) is 8.78 Å². The average molecular weight is 277 g/mol. The van der Waals surface area contributed by atoms with Crippen molar-refractivity contribution in [3.63, 3.8) is 0 Å². The minimum absolute atomic E-state index is 0. The topological polar surface area (TPSA) is 15.3 Å². The number of nitrogens with zero attached hydrogens (tertiary/aromatic N) is 1. The van der Waals surface area contributed by atoms with Gasteiger partial charge < -0.3 is 5.32 Å². The lowest BCUT2D eigenvalue weighted by atomic mass is 10.0. The monoisotopic (exact) mass is 276 g/mol. The van der Waals surface area contributed by atoms with Gasteiger partial charge in [-0.1, -0.05) is 30.3 Å². The van der Waals surface area contributed by atoms with Gasteiger partial charge in [-0.3, -0.25) is 4.90 Å². The van der Waals surface area contributed by atoms with Crippen molar-refractivity contribution in [3.8, 4) is 0 Å². The van der Waals surface area contributed by atoms with E-state index >= 15 is 0 Å². The molecule has 2 nitrogen and oxygen atoms in total. The number of halogens is 3. The Balaban J connectivity index is 0.00000162. The van der Waals surface area contributed by atoms with Gasteiger partial charge in [-0.25, -0.2) is 8.78 Å². The molecule has 0 amide bonds. The van der Waals surface area contributed by atoms with Crippen LogP contribution in [0.5, 0.6) is 0 Å². The summed E-state index contributed by atoms with van der Waals surface area (Å²) in [6.45, 7) is 3.44. The van der Waals surface area contributed by atoms with Crippen molar-refractivity contribution < 1.29 is 8.78 Å². The molecule has 0 aliphatic carbocycles. The molecule has 0 aromatic heterocycles. The van der Waals surface area contributed by atoms with E-state index in [1.165, 1.54) is 0 Å². The first-order valence-corrected chi connectivity index (χ1v) is 6.05. The predicted octanol–water partition coefficient (Wildman–Crippen LogP) is 2.71. The SMILES string of the molecule is Cl.FC(F)C[C@@H](c1ccccc1)N1CCNCC1. The highest BCUT2D eigenvalue weighted by Crippen LogP contribution is 2.27. The zero-order valence-corrected chi connectivity index (χ0v) is 11.0. The third-order valence-electron chi connectivity index (χ3n) is 3.18. The number of hydrogen-bond donors (Lipinski definition) is 1. The Kier molecular flexibility index (Phi) is 6.54. The molecule has 1 heterocycles. The van der Waals surface area contributed by atoms with E-state index in [-0.39, 0.29) is 24.9 Å². The molecule has 1 saturated heterocycles. The fourth-order valence-electron chi connectivity index (χ4n) is 2.33. The van der Waals surface area contributed by atoms with Gasteiger partial charge in [-0.15, -0.1) is 12.4 Å². The van der Waals surface area contributed by atoms with Crippen LogP contribution in [0.2, 0.25) is 0 Å². The zero-order valence-electron chi connectivity index (χ0n) is 10.2. The summed E-state index contributed by atoms with van der Waals surface area (Å²) in [4.78, 5) is 2.15. The Bertz CT molecular complexity index is 329. The third-order valence-corrected chi connectivity index (χ3v) is 3.18. The summed E-state index contributed by atoms with van der Waals surface area (Å²) in [7, 11) is 0. The first kappa shape index (κ1) is 15.3. The van der Waals surface area contributed by atoms with Gasteiger partial charge in [0.2, 0.25) is 6.43 Å². The molecule has 18 heavy (non-hydrogen) atoms. The van der Waals surface area contributed by atoms with Crippen molar-refractivity contribution in [1.82, 2.24) is 10.2 Å². The number of piperazine rings is 1. The van der Waals surface area contributed by atoms with E-state index in [1.807, 2.05) is 30.3 Å². The van der Waals surface area contributed by atoms with Crippen LogP contribution in [0.15, 0.2) is 30.3 Å². The number of nitrogens with one attached hydrogen (secondary N) is 1. The second-order valence-corrected chi connectivity index (χ2v) is 4.34. The number of hydrogen-bond acceptors (Lipinski definition) is 2. The van der Waals surface area contributed by atoms with Crippen LogP contribution < -0.4 is 5.32 Å². The maximum absolute atomic E-state index is 12.7. The largest absolute Gasteiger partial charge is 0.314 e. The van der Waals surface area contributed by atoms with Gasteiger partial charge in [0.1, 0.15) is 0 Å². The molecular weight excluding hydrogens is 258 g/mol. The fraction of sp³-hybridized carbons (Fsp3) is 0.538. The molecule has 0 bridgehead atoms. The van der Waals surface area contributed by atoms with Crippen LogP contribution in [0.4, 0.5) is 8.78 Å². The quantitative estimate of drug-likeness (QED) is 0.910. The third kappa shape index (κ3) is 4.19. The maximum atomic E-state index is 12.7. The molecule has 1 aromatic rings. The number of rotatable bonds is 4. The molecule has 0 spiro atoms. The first-order chi connectivity index (χ1) is 8.27. The van der Waals surface area contributed by atoms with Gasteiger partial charge in [0.05, 0.1) is 0 Å². The minimum Gasteiger partial charge on any atom is -0.314 e. The van der Waals surface area contributed by atoms with Crippen LogP contribution >= 0.6 is 12.4 Å². The van der Waals surface area contributed by atoms with Gasteiger partial charge in [-0.05, 0) is 5.56 Å². The summed E-state index contributed by atoms with van der Waals surface area (Å²) in [5, 5.41) is 3.25. The number of alkyl halides is 2. The minimum atomic E-state index is -2.25.